The SMILES string of the molecule is CCN(CC)C(=O)O[C@H]1C[C@H](N)C1. The average molecular weight is 186 g/mol. The summed E-state index contributed by atoms with van der Waals surface area (Å²) in [5.41, 5.74) is 5.58. The molecule has 2 N–H and O–H groups in total. The molecule has 0 aliphatic heterocycles. The summed E-state index contributed by atoms with van der Waals surface area (Å²) in [7, 11) is 0. The molecule has 1 fully saturated rings. The van der Waals surface area contributed by atoms with Gasteiger partial charge in [-0.15, -0.1) is 0 Å². The fourth-order valence-corrected chi connectivity index (χ4v) is 1.40. The highest BCUT2D eigenvalue weighted by Crippen LogP contribution is 2.21. The Morgan fingerprint density at radius 2 is 2.00 bits per heavy atom. The third kappa shape index (κ3) is 2.59. The third-order valence-corrected chi connectivity index (χ3v) is 2.42. The number of ether oxygens (including phenoxy) is 1. The lowest BCUT2D eigenvalue weighted by Gasteiger charge is -2.33. The highest BCUT2D eigenvalue weighted by molar-refractivity contribution is 5.67. The molecular formula is C9H18N2O2. The van der Waals surface area contributed by atoms with Gasteiger partial charge in [0.25, 0.3) is 0 Å². The van der Waals surface area contributed by atoms with Crippen LogP contribution >= 0.6 is 0 Å². The predicted molar refractivity (Wildman–Crippen MR) is 50.4 cm³/mol. The van der Waals surface area contributed by atoms with Gasteiger partial charge in [-0.1, -0.05) is 0 Å². The smallest absolute Gasteiger partial charge is 0.410 e. The number of carbonyl (C=O) groups excluding carboxylic acids is 1. The largest absolute Gasteiger partial charge is 0.446 e. The van der Waals surface area contributed by atoms with Crippen LogP contribution in [0.25, 0.3) is 0 Å². The Morgan fingerprint density at radius 3 is 2.38 bits per heavy atom. The molecule has 1 amide bonds. The second kappa shape index (κ2) is 4.46. The average Bonchev–Trinajstić information content (AvgIpc) is 2.04. The van der Waals surface area contributed by atoms with Gasteiger partial charge in [-0.05, 0) is 26.7 Å². The molecule has 76 valence electrons. The molecule has 0 aromatic rings. The Balaban J connectivity index is 2.24. The summed E-state index contributed by atoms with van der Waals surface area (Å²) in [4.78, 5) is 13.0. The monoisotopic (exact) mass is 186 g/mol. The van der Waals surface area contributed by atoms with E-state index >= 15 is 0 Å². The number of amides is 1. The lowest BCUT2D eigenvalue weighted by atomic mass is 9.90. The molecule has 0 radical (unpaired) electrons. The highest BCUT2D eigenvalue weighted by Gasteiger charge is 2.30. The minimum absolute atomic E-state index is 0.0584. The Labute approximate surface area is 79.0 Å². The minimum atomic E-state index is -0.207. The number of nitrogens with zero attached hydrogens (tertiary/aromatic N) is 1. The van der Waals surface area contributed by atoms with Gasteiger partial charge in [-0.3, -0.25) is 0 Å². The Kier molecular flexibility index (Phi) is 3.54. The van der Waals surface area contributed by atoms with E-state index in [9.17, 15) is 4.79 Å². The topological polar surface area (TPSA) is 55.6 Å². The van der Waals surface area contributed by atoms with Crippen molar-refractivity contribution in [2.45, 2.75) is 38.8 Å². The zero-order valence-corrected chi connectivity index (χ0v) is 8.32. The summed E-state index contributed by atoms with van der Waals surface area (Å²) in [5.74, 6) is 0. The molecule has 1 rings (SSSR count). The molecule has 0 unspecified atom stereocenters. The molecule has 0 atom stereocenters. The fourth-order valence-electron chi connectivity index (χ4n) is 1.40. The first-order chi connectivity index (χ1) is 6.17. The van der Waals surface area contributed by atoms with E-state index in [1.54, 1.807) is 4.90 Å². The van der Waals surface area contributed by atoms with Crippen LogP contribution in [0.5, 0.6) is 0 Å². The van der Waals surface area contributed by atoms with E-state index in [1.165, 1.54) is 0 Å². The van der Waals surface area contributed by atoms with Crippen LogP contribution in [-0.4, -0.2) is 36.2 Å². The van der Waals surface area contributed by atoms with Crippen molar-refractivity contribution in [2.24, 2.45) is 5.73 Å². The van der Waals surface area contributed by atoms with Crippen LogP contribution in [0.15, 0.2) is 0 Å². The summed E-state index contributed by atoms with van der Waals surface area (Å²) in [6.45, 7) is 5.29. The van der Waals surface area contributed by atoms with Crippen LogP contribution in [0.3, 0.4) is 0 Å². The molecule has 4 nitrogen and oxygen atoms in total. The molecule has 1 aliphatic carbocycles. The van der Waals surface area contributed by atoms with Crippen molar-refractivity contribution in [3.05, 3.63) is 0 Å². The maximum Gasteiger partial charge on any atom is 0.410 e. The lowest BCUT2D eigenvalue weighted by Crippen LogP contribution is -2.45. The van der Waals surface area contributed by atoms with E-state index in [0.717, 1.165) is 12.8 Å². The standard InChI is InChI=1S/C9H18N2O2/c1-3-11(4-2)9(12)13-8-5-7(10)6-8/h7-8H,3-6,10H2,1-2H3/t7-,8-. The van der Waals surface area contributed by atoms with Crippen molar-refractivity contribution in [3.8, 4) is 0 Å². The van der Waals surface area contributed by atoms with Gasteiger partial charge in [0.2, 0.25) is 0 Å². The summed E-state index contributed by atoms with van der Waals surface area (Å²) in [5, 5.41) is 0. The normalized spacial score (nSPS) is 26.4. The van der Waals surface area contributed by atoms with Gasteiger partial charge in [-0.25, -0.2) is 4.79 Å². The van der Waals surface area contributed by atoms with E-state index < -0.39 is 0 Å². The van der Waals surface area contributed by atoms with E-state index in [2.05, 4.69) is 0 Å². The Morgan fingerprint density at radius 1 is 1.46 bits per heavy atom. The Hall–Kier alpha value is -0.770. The summed E-state index contributed by atoms with van der Waals surface area (Å²) in [6, 6.07) is 0.231. The van der Waals surface area contributed by atoms with Crippen molar-refractivity contribution in [2.75, 3.05) is 13.1 Å². The molecular weight excluding hydrogens is 168 g/mol. The predicted octanol–water partition coefficient (Wildman–Crippen LogP) is 0.955. The van der Waals surface area contributed by atoms with Crippen LogP contribution in [0.2, 0.25) is 0 Å². The lowest BCUT2D eigenvalue weighted by molar-refractivity contribution is 0.0197. The van der Waals surface area contributed by atoms with Crippen LogP contribution in [-0.2, 0) is 4.74 Å². The first-order valence-corrected chi connectivity index (χ1v) is 4.88. The molecule has 0 spiro atoms. The van der Waals surface area contributed by atoms with Crippen molar-refractivity contribution >= 4 is 6.09 Å². The van der Waals surface area contributed by atoms with Crippen LogP contribution in [0.4, 0.5) is 4.79 Å². The molecule has 0 heterocycles. The molecule has 1 aliphatic rings. The van der Waals surface area contributed by atoms with E-state index in [0.29, 0.717) is 13.1 Å². The molecule has 13 heavy (non-hydrogen) atoms. The van der Waals surface area contributed by atoms with Crippen molar-refractivity contribution in [1.82, 2.24) is 4.90 Å². The first kappa shape index (κ1) is 10.3. The number of hydrogen-bond acceptors (Lipinski definition) is 3. The minimum Gasteiger partial charge on any atom is -0.446 e. The number of carbonyl (C=O) groups is 1. The van der Waals surface area contributed by atoms with Crippen LogP contribution in [0, 0.1) is 0 Å². The zero-order valence-electron chi connectivity index (χ0n) is 8.32. The number of rotatable bonds is 3. The second-order valence-corrected chi connectivity index (χ2v) is 3.41. The Bertz CT molecular complexity index is 174. The first-order valence-electron chi connectivity index (χ1n) is 4.88. The van der Waals surface area contributed by atoms with Gasteiger partial charge < -0.3 is 15.4 Å². The zero-order chi connectivity index (χ0) is 9.84. The molecule has 4 heteroatoms. The molecule has 1 saturated carbocycles. The van der Waals surface area contributed by atoms with Gasteiger partial charge in [0, 0.05) is 19.1 Å². The van der Waals surface area contributed by atoms with Gasteiger partial charge >= 0.3 is 6.09 Å². The number of nitrogens with two attached hydrogens (primary N) is 1. The second-order valence-electron chi connectivity index (χ2n) is 3.41. The molecule has 0 bridgehead atoms. The quantitative estimate of drug-likeness (QED) is 0.714. The van der Waals surface area contributed by atoms with Gasteiger partial charge in [-0.2, -0.15) is 0 Å². The molecule has 0 saturated heterocycles. The highest BCUT2D eigenvalue weighted by atomic mass is 16.6. The van der Waals surface area contributed by atoms with E-state index in [1.807, 2.05) is 13.8 Å². The van der Waals surface area contributed by atoms with Crippen molar-refractivity contribution < 1.29 is 9.53 Å². The summed E-state index contributed by atoms with van der Waals surface area (Å²) in [6.07, 6.45) is 1.48. The van der Waals surface area contributed by atoms with Crippen molar-refractivity contribution in [1.29, 1.82) is 0 Å². The third-order valence-electron chi connectivity index (χ3n) is 2.42. The summed E-state index contributed by atoms with van der Waals surface area (Å²) >= 11 is 0. The van der Waals surface area contributed by atoms with E-state index in [4.69, 9.17) is 10.5 Å². The maximum atomic E-state index is 11.4. The maximum absolute atomic E-state index is 11.4. The fraction of sp³-hybridized carbons (Fsp3) is 0.889. The summed E-state index contributed by atoms with van der Waals surface area (Å²) < 4.78 is 5.21. The van der Waals surface area contributed by atoms with Gasteiger partial charge in [0.05, 0.1) is 0 Å². The van der Waals surface area contributed by atoms with Crippen LogP contribution < -0.4 is 5.73 Å². The molecule has 0 aromatic heterocycles. The van der Waals surface area contributed by atoms with Gasteiger partial charge in [0.1, 0.15) is 6.10 Å². The van der Waals surface area contributed by atoms with E-state index in [-0.39, 0.29) is 18.2 Å². The van der Waals surface area contributed by atoms with Crippen molar-refractivity contribution in [3.63, 3.8) is 0 Å². The van der Waals surface area contributed by atoms with Gasteiger partial charge in [0.15, 0.2) is 0 Å². The number of hydrogen-bond donors (Lipinski definition) is 1. The van der Waals surface area contributed by atoms with Crippen LogP contribution in [0.1, 0.15) is 26.7 Å². The molecule has 0 aromatic carbocycles.